The van der Waals surface area contributed by atoms with Crippen molar-refractivity contribution in [3.63, 3.8) is 0 Å². The van der Waals surface area contributed by atoms with Crippen molar-refractivity contribution < 1.29 is 17.6 Å². The van der Waals surface area contributed by atoms with Gasteiger partial charge in [0.05, 0.1) is 11.9 Å². The maximum absolute atomic E-state index is 12.4. The zero-order chi connectivity index (χ0) is 14.9. The minimum absolute atomic E-state index is 0.313. The minimum Gasteiger partial charge on any atom is -0.408 e. The first-order chi connectivity index (χ1) is 9.31. The van der Waals surface area contributed by atoms with Crippen molar-refractivity contribution in [3.8, 4) is 0 Å². The summed E-state index contributed by atoms with van der Waals surface area (Å²) in [6.45, 7) is 2.45. The number of rotatable bonds is 4. The summed E-state index contributed by atoms with van der Waals surface area (Å²) in [4.78, 5) is 10.8. The van der Waals surface area contributed by atoms with E-state index in [2.05, 4.69) is 15.9 Å². The van der Waals surface area contributed by atoms with Gasteiger partial charge in [0.15, 0.2) is 5.58 Å². The summed E-state index contributed by atoms with van der Waals surface area (Å²) >= 11 is 3.02. The molecule has 0 amide bonds. The van der Waals surface area contributed by atoms with Crippen molar-refractivity contribution in [1.29, 1.82) is 0 Å². The van der Waals surface area contributed by atoms with Gasteiger partial charge < -0.3 is 4.42 Å². The van der Waals surface area contributed by atoms with Crippen LogP contribution in [-0.4, -0.2) is 10.7 Å². The molecule has 0 aliphatic carbocycles. The van der Waals surface area contributed by atoms with Crippen LogP contribution in [0.4, 0.5) is 13.2 Å². The number of hydrogen-bond acceptors (Lipinski definition) is 2. The van der Waals surface area contributed by atoms with Crippen molar-refractivity contribution in [1.82, 2.24) is 4.57 Å². The molecule has 0 saturated heterocycles. The largest absolute Gasteiger partial charge is 0.419 e. The number of alkyl halides is 4. The Morgan fingerprint density at radius 3 is 2.70 bits per heavy atom. The third-order valence-electron chi connectivity index (χ3n) is 2.91. The highest BCUT2D eigenvalue weighted by Crippen LogP contribution is 2.36. The lowest BCUT2D eigenvalue weighted by Gasteiger charge is -2.12. The molecular formula is C13H13BrF3NO2. The van der Waals surface area contributed by atoms with Crippen LogP contribution in [0.15, 0.2) is 27.4 Å². The van der Waals surface area contributed by atoms with Crippen LogP contribution in [0.2, 0.25) is 0 Å². The molecule has 1 aromatic carbocycles. The van der Waals surface area contributed by atoms with Gasteiger partial charge in [-0.15, -0.1) is 0 Å². The molecule has 2 rings (SSSR count). The lowest BCUT2D eigenvalue weighted by atomic mass is 10.1. The summed E-state index contributed by atoms with van der Waals surface area (Å²) in [5.74, 6) is -0.485. The third kappa shape index (κ3) is 3.26. The second kappa shape index (κ2) is 5.63. The molecule has 7 heteroatoms. The summed E-state index contributed by atoms with van der Waals surface area (Å²) in [6.07, 6.45) is -4.46. The maximum Gasteiger partial charge on any atom is 0.419 e. The SMILES string of the molecule is CCCn1c(=O)oc2cc(C(Br)CC(F)(F)F)ccc21. The number of aryl methyl sites for hydroxylation is 1. The van der Waals surface area contributed by atoms with E-state index in [1.165, 1.54) is 10.6 Å². The van der Waals surface area contributed by atoms with Gasteiger partial charge in [0.25, 0.3) is 0 Å². The van der Waals surface area contributed by atoms with Crippen LogP contribution in [0.3, 0.4) is 0 Å². The summed E-state index contributed by atoms with van der Waals surface area (Å²) < 4.78 is 43.7. The number of fused-ring (bicyclic) bond motifs is 1. The van der Waals surface area contributed by atoms with Gasteiger partial charge in [0.2, 0.25) is 0 Å². The average Bonchev–Trinajstić information content (AvgIpc) is 2.63. The molecule has 1 unspecified atom stereocenters. The molecule has 0 saturated carbocycles. The van der Waals surface area contributed by atoms with E-state index < -0.39 is 23.2 Å². The van der Waals surface area contributed by atoms with Crippen LogP contribution in [-0.2, 0) is 6.54 Å². The first kappa shape index (κ1) is 15.2. The lowest BCUT2D eigenvalue weighted by Crippen LogP contribution is -2.13. The van der Waals surface area contributed by atoms with E-state index in [0.29, 0.717) is 23.2 Å². The highest BCUT2D eigenvalue weighted by molar-refractivity contribution is 9.09. The van der Waals surface area contributed by atoms with Crippen LogP contribution >= 0.6 is 15.9 Å². The van der Waals surface area contributed by atoms with Crippen molar-refractivity contribution in [2.24, 2.45) is 0 Å². The number of halogens is 4. The summed E-state index contributed by atoms with van der Waals surface area (Å²) in [6, 6.07) is 4.68. The molecule has 0 N–H and O–H groups in total. The molecule has 0 radical (unpaired) electrons. The number of aromatic nitrogens is 1. The zero-order valence-electron chi connectivity index (χ0n) is 10.7. The van der Waals surface area contributed by atoms with E-state index in [0.717, 1.165) is 6.42 Å². The van der Waals surface area contributed by atoms with Gasteiger partial charge in [-0.1, -0.05) is 28.9 Å². The quantitative estimate of drug-likeness (QED) is 0.765. The first-order valence-corrected chi connectivity index (χ1v) is 7.07. The Labute approximate surface area is 121 Å². The number of benzene rings is 1. The molecule has 0 aliphatic heterocycles. The first-order valence-electron chi connectivity index (χ1n) is 6.16. The van der Waals surface area contributed by atoms with E-state index in [4.69, 9.17) is 4.42 Å². The van der Waals surface area contributed by atoms with E-state index >= 15 is 0 Å². The molecule has 0 spiro atoms. The van der Waals surface area contributed by atoms with E-state index in [-0.39, 0.29) is 0 Å². The van der Waals surface area contributed by atoms with Gasteiger partial charge in [-0.25, -0.2) is 4.79 Å². The topological polar surface area (TPSA) is 35.1 Å². The fourth-order valence-corrected chi connectivity index (χ4v) is 2.69. The van der Waals surface area contributed by atoms with Crippen molar-refractivity contribution in [2.75, 3.05) is 0 Å². The van der Waals surface area contributed by atoms with E-state index in [9.17, 15) is 18.0 Å². The Hall–Kier alpha value is -1.24. The van der Waals surface area contributed by atoms with E-state index in [1.54, 1.807) is 12.1 Å². The van der Waals surface area contributed by atoms with Crippen LogP contribution < -0.4 is 5.76 Å². The fourth-order valence-electron chi connectivity index (χ4n) is 2.03. The molecule has 3 nitrogen and oxygen atoms in total. The Bertz CT molecular complexity index is 660. The molecule has 1 heterocycles. The normalized spacial score (nSPS) is 13.8. The lowest BCUT2D eigenvalue weighted by molar-refractivity contribution is -0.134. The van der Waals surface area contributed by atoms with Gasteiger partial charge >= 0.3 is 11.9 Å². The van der Waals surface area contributed by atoms with Crippen LogP contribution in [0.25, 0.3) is 11.1 Å². The Kier molecular flexibility index (Phi) is 4.27. The summed E-state index contributed by atoms with van der Waals surface area (Å²) in [5, 5.41) is 0. The third-order valence-corrected chi connectivity index (χ3v) is 3.76. The Morgan fingerprint density at radius 1 is 1.40 bits per heavy atom. The van der Waals surface area contributed by atoms with Crippen LogP contribution in [0.1, 0.15) is 30.2 Å². The molecular weight excluding hydrogens is 339 g/mol. The second-order valence-corrected chi connectivity index (χ2v) is 5.64. The van der Waals surface area contributed by atoms with Crippen molar-refractivity contribution >= 4 is 27.0 Å². The molecule has 0 aliphatic rings. The van der Waals surface area contributed by atoms with Gasteiger partial charge in [-0.05, 0) is 24.1 Å². The number of oxazole rings is 1. The number of hydrogen-bond donors (Lipinski definition) is 0. The highest BCUT2D eigenvalue weighted by atomic mass is 79.9. The monoisotopic (exact) mass is 351 g/mol. The van der Waals surface area contributed by atoms with Crippen LogP contribution in [0.5, 0.6) is 0 Å². The van der Waals surface area contributed by atoms with E-state index in [1.807, 2.05) is 6.92 Å². The molecule has 0 fully saturated rings. The standard InChI is InChI=1S/C13H13BrF3NO2/c1-2-5-18-10-4-3-8(6-11(10)20-12(18)19)9(14)7-13(15,16)17/h3-4,6,9H,2,5,7H2,1H3. The smallest absolute Gasteiger partial charge is 0.408 e. The molecule has 1 atom stereocenters. The number of nitrogens with zero attached hydrogens (tertiary/aromatic N) is 1. The van der Waals surface area contributed by atoms with Crippen molar-refractivity contribution in [2.45, 2.75) is 37.3 Å². The fraction of sp³-hybridized carbons (Fsp3) is 0.462. The Balaban J connectivity index is 2.37. The predicted octanol–water partition coefficient (Wildman–Crippen LogP) is 4.39. The van der Waals surface area contributed by atoms with Gasteiger partial charge in [0, 0.05) is 11.4 Å². The molecule has 0 bridgehead atoms. The molecule has 110 valence electrons. The molecule has 20 heavy (non-hydrogen) atoms. The highest BCUT2D eigenvalue weighted by Gasteiger charge is 2.31. The Morgan fingerprint density at radius 2 is 2.10 bits per heavy atom. The zero-order valence-corrected chi connectivity index (χ0v) is 12.3. The van der Waals surface area contributed by atoms with Crippen LogP contribution in [0, 0.1) is 0 Å². The molecule has 1 aromatic heterocycles. The average molecular weight is 352 g/mol. The van der Waals surface area contributed by atoms with Crippen molar-refractivity contribution in [3.05, 3.63) is 34.3 Å². The summed E-state index contributed by atoms with van der Waals surface area (Å²) in [5.41, 5.74) is 1.35. The van der Waals surface area contributed by atoms with Gasteiger partial charge in [0.1, 0.15) is 0 Å². The predicted molar refractivity (Wildman–Crippen MR) is 73.1 cm³/mol. The minimum atomic E-state index is -4.25. The molecule has 2 aromatic rings. The summed E-state index contributed by atoms with van der Waals surface area (Å²) in [7, 11) is 0. The second-order valence-electron chi connectivity index (χ2n) is 4.53. The van der Waals surface area contributed by atoms with Gasteiger partial charge in [-0.2, -0.15) is 13.2 Å². The maximum atomic E-state index is 12.4. The van der Waals surface area contributed by atoms with Gasteiger partial charge in [-0.3, -0.25) is 4.57 Å².